The second kappa shape index (κ2) is 8.52. The molecule has 154 valence electrons. The molecule has 31 heavy (non-hydrogen) atoms. The van der Waals surface area contributed by atoms with Gasteiger partial charge in [0.05, 0.1) is 11.4 Å². The van der Waals surface area contributed by atoms with Crippen molar-refractivity contribution in [2.75, 3.05) is 36.0 Å². The summed E-state index contributed by atoms with van der Waals surface area (Å²) < 4.78 is 0. The lowest BCUT2D eigenvalue weighted by Crippen LogP contribution is -2.47. The summed E-state index contributed by atoms with van der Waals surface area (Å²) in [6.45, 7) is 5.61. The molecule has 2 aromatic carbocycles. The van der Waals surface area contributed by atoms with E-state index in [0.717, 1.165) is 60.3 Å². The van der Waals surface area contributed by atoms with E-state index in [0.29, 0.717) is 0 Å². The summed E-state index contributed by atoms with van der Waals surface area (Å²) in [7, 11) is 0. The van der Waals surface area contributed by atoms with Crippen LogP contribution in [0.25, 0.3) is 22.5 Å². The molecule has 0 spiro atoms. The maximum Gasteiger partial charge on any atom is 0.151 e. The first-order valence-corrected chi connectivity index (χ1v) is 10.5. The van der Waals surface area contributed by atoms with Crippen molar-refractivity contribution in [3.8, 4) is 22.5 Å². The fourth-order valence-electron chi connectivity index (χ4n) is 3.82. The second-order valence-corrected chi connectivity index (χ2v) is 7.74. The van der Waals surface area contributed by atoms with E-state index in [2.05, 4.69) is 91.5 Å². The van der Waals surface area contributed by atoms with Crippen LogP contribution >= 0.6 is 0 Å². The lowest BCUT2D eigenvalue weighted by molar-refractivity contribution is 0.638. The Bertz CT molecular complexity index is 1130. The van der Waals surface area contributed by atoms with Gasteiger partial charge in [-0.15, -0.1) is 10.2 Å². The fraction of sp³-hybridized carbons (Fsp3) is 0.200. The molecule has 6 nitrogen and oxygen atoms in total. The van der Waals surface area contributed by atoms with Crippen molar-refractivity contribution < 1.29 is 0 Å². The van der Waals surface area contributed by atoms with E-state index in [1.165, 1.54) is 5.56 Å². The summed E-state index contributed by atoms with van der Waals surface area (Å²) in [6.07, 6.45) is 1.65. The maximum absolute atomic E-state index is 4.51. The third kappa shape index (κ3) is 4.23. The van der Waals surface area contributed by atoms with E-state index in [-0.39, 0.29) is 0 Å². The molecule has 4 aromatic rings. The average molecular weight is 409 g/mol. The fourth-order valence-corrected chi connectivity index (χ4v) is 3.82. The molecule has 0 radical (unpaired) electrons. The summed E-state index contributed by atoms with van der Waals surface area (Å²) in [5.41, 5.74) is 5.29. The molecule has 0 unspecified atom stereocenters. The molecule has 0 saturated carbocycles. The van der Waals surface area contributed by atoms with Gasteiger partial charge in [-0.1, -0.05) is 60.2 Å². The van der Waals surface area contributed by atoms with Gasteiger partial charge in [0.2, 0.25) is 0 Å². The Hall–Kier alpha value is -3.80. The highest BCUT2D eigenvalue weighted by atomic mass is 15.3. The molecule has 5 rings (SSSR count). The average Bonchev–Trinajstić information content (AvgIpc) is 2.85. The zero-order valence-corrected chi connectivity index (χ0v) is 17.5. The molecule has 0 bridgehead atoms. The number of aromatic nitrogens is 4. The van der Waals surface area contributed by atoms with Crippen LogP contribution in [-0.2, 0) is 0 Å². The van der Waals surface area contributed by atoms with E-state index in [4.69, 9.17) is 0 Å². The molecule has 0 N–H and O–H groups in total. The van der Waals surface area contributed by atoms with Crippen LogP contribution in [0.5, 0.6) is 0 Å². The molecular formula is C25H24N6. The minimum Gasteiger partial charge on any atom is -0.353 e. The summed E-state index contributed by atoms with van der Waals surface area (Å²) in [4.78, 5) is 13.5. The molecule has 0 atom stereocenters. The second-order valence-electron chi connectivity index (χ2n) is 7.74. The molecule has 1 aliphatic heterocycles. The third-order valence-electron chi connectivity index (χ3n) is 5.65. The van der Waals surface area contributed by atoms with Crippen molar-refractivity contribution in [1.82, 2.24) is 20.2 Å². The lowest BCUT2D eigenvalue weighted by atomic mass is 10.1. The lowest BCUT2D eigenvalue weighted by Gasteiger charge is -2.35. The van der Waals surface area contributed by atoms with Gasteiger partial charge in [-0.2, -0.15) is 0 Å². The normalized spacial score (nSPS) is 14.0. The monoisotopic (exact) mass is 408 g/mol. The molecule has 2 aromatic heterocycles. The van der Waals surface area contributed by atoms with Crippen molar-refractivity contribution in [3.05, 3.63) is 84.7 Å². The van der Waals surface area contributed by atoms with Crippen LogP contribution in [0.15, 0.2) is 79.1 Å². The topological polar surface area (TPSA) is 58.0 Å². The maximum atomic E-state index is 4.51. The quantitative estimate of drug-likeness (QED) is 0.504. The molecule has 3 heterocycles. The number of hydrogen-bond donors (Lipinski definition) is 0. The summed E-state index contributed by atoms with van der Waals surface area (Å²) >= 11 is 0. The minimum absolute atomic E-state index is 0.878. The van der Waals surface area contributed by atoms with Crippen molar-refractivity contribution >= 4 is 11.6 Å². The van der Waals surface area contributed by atoms with Crippen LogP contribution in [0.3, 0.4) is 0 Å². The van der Waals surface area contributed by atoms with Crippen LogP contribution in [0.4, 0.5) is 11.6 Å². The molecule has 1 fully saturated rings. The van der Waals surface area contributed by atoms with E-state index < -0.39 is 0 Å². The van der Waals surface area contributed by atoms with Crippen LogP contribution in [0.2, 0.25) is 0 Å². The Morgan fingerprint density at radius 2 is 1.29 bits per heavy atom. The first kappa shape index (κ1) is 19.2. The molecule has 0 amide bonds. The summed E-state index contributed by atoms with van der Waals surface area (Å²) in [5, 5.41) is 8.93. The van der Waals surface area contributed by atoms with Gasteiger partial charge in [-0.05, 0) is 19.1 Å². The van der Waals surface area contributed by atoms with Gasteiger partial charge in [-0.25, -0.2) is 9.97 Å². The molecule has 0 aliphatic carbocycles. The Balaban J connectivity index is 1.25. The van der Waals surface area contributed by atoms with Crippen molar-refractivity contribution in [3.63, 3.8) is 0 Å². The van der Waals surface area contributed by atoms with Crippen LogP contribution in [-0.4, -0.2) is 46.3 Å². The number of anilines is 2. The van der Waals surface area contributed by atoms with E-state index in [1.54, 1.807) is 6.33 Å². The van der Waals surface area contributed by atoms with E-state index >= 15 is 0 Å². The van der Waals surface area contributed by atoms with Crippen molar-refractivity contribution in [1.29, 1.82) is 0 Å². The standard InChI is InChI=1S/C25H24N6/c1-19-7-9-21(10-8-19)22-11-12-24(29-28-22)30-13-15-31(16-14-30)25-17-23(26-18-27-25)20-5-3-2-4-6-20/h2-12,17-18H,13-16H2,1H3. The zero-order chi connectivity index (χ0) is 21.0. The highest BCUT2D eigenvalue weighted by Crippen LogP contribution is 2.23. The number of hydrogen-bond acceptors (Lipinski definition) is 6. The molecule has 1 aliphatic rings. The highest BCUT2D eigenvalue weighted by Gasteiger charge is 2.20. The number of benzene rings is 2. The SMILES string of the molecule is Cc1ccc(-c2ccc(N3CCN(c4cc(-c5ccccc5)ncn4)CC3)nn2)cc1. The molecule has 6 heteroatoms. The van der Waals surface area contributed by atoms with Gasteiger partial charge in [0.15, 0.2) is 5.82 Å². The molecular weight excluding hydrogens is 384 g/mol. The number of piperazine rings is 1. The van der Waals surface area contributed by atoms with Gasteiger partial charge in [0.25, 0.3) is 0 Å². The zero-order valence-electron chi connectivity index (χ0n) is 17.5. The minimum atomic E-state index is 0.878. The van der Waals surface area contributed by atoms with Gasteiger partial charge in [0, 0.05) is 43.4 Å². The van der Waals surface area contributed by atoms with Gasteiger partial charge < -0.3 is 9.80 Å². The van der Waals surface area contributed by atoms with Crippen LogP contribution in [0.1, 0.15) is 5.56 Å². The summed E-state index contributed by atoms with van der Waals surface area (Å²) in [5.74, 6) is 1.89. The number of nitrogens with zero attached hydrogens (tertiary/aromatic N) is 6. The van der Waals surface area contributed by atoms with Crippen LogP contribution < -0.4 is 9.80 Å². The first-order valence-electron chi connectivity index (χ1n) is 10.5. The van der Waals surface area contributed by atoms with Gasteiger partial charge in [-0.3, -0.25) is 0 Å². The number of rotatable bonds is 4. The Kier molecular flexibility index (Phi) is 5.27. The van der Waals surface area contributed by atoms with Crippen molar-refractivity contribution in [2.24, 2.45) is 0 Å². The van der Waals surface area contributed by atoms with E-state index in [9.17, 15) is 0 Å². The third-order valence-corrected chi connectivity index (χ3v) is 5.65. The Labute approximate surface area is 182 Å². The van der Waals surface area contributed by atoms with E-state index in [1.807, 2.05) is 18.2 Å². The predicted octanol–water partition coefficient (Wildman–Crippen LogP) is 4.24. The van der Waals surface area contributed by atoms with Gasteiger partial charge in [0.1, 0.15) is 12.1 Å². The Morgan fingerprint density at radius 3 is 1.97 bits per heavy atom. The largest absolute Gasteiger partial charge is 0.353 e. The summed E-state index contributed by atoms with van der Waals surface area (Å²) in [6, 6.07) is 24.8. The van der Waals surface area contributed by atoms with Gasteiger partial charge >= 0.3 is 0 Å². The van der Waals surface area contributed by atoms with Crippen molar-refractivity contribution in [2.45, 2.75) is 6.92 Å². The Morgan fingerprint density at radius 1 is 0.613 bits per heavy atom. The molecule has 1 saturated heterocycles. The predicted molar refractivity (Wildman–Crippen MR) is 124 cm³/mol. The smallest absolute Gasteiger partial charge is 0.151 e. The highest BCUT2D eigenvalue weighted by molar-refractivity contribution is 5.63. The number of aryl methyl sites for hydroxylation is 1. The first-order chi connectivity index (χ1) is 15.3. The van der Waals surface area contributed by atoms with Crippen LogP contribution in [0, 0.1) is 6.92 Å².